The molecule has 0 aliphatic heterocycles. The number of carbonyl (C=O) groups excluding carboxylic acids is 2. The molecule has 3 amide bonds. The molecule has 6 nitrogen and oxygen atoms in total. The van der Waals surface area contributed by atoms with Crippen molar-refractivity contribution in [3.05, 3.63) is 89.5 Å². The molecule has 3 rings (SSSR count). The fourth-order valence-corrected chi connectivity index (χ4v) is 2.31. The Hall–Kier alpha value is -4.18. The second-order valence-corrected chi connectivity index (χ2v) is 5.72. The summed E-state index contributed by atoms with van der Waals surface area (Å²) in [5.41, 5.74) is 7.23. The van der Waals surface area contributed by atoms with Gasteiger partial charge in [-0.3, -0.25) is 9.78 Å². The largest absolute Gasteiger partial charge is 0.366 e. The number of pyridine rings is 1. The van der Waals surface area contributed by atoms with Gasteiger partial charge in [-0.25, -0.2) is 9.18 Å². The Kier molecular flexibility index (Phi) is 5.63. The summed E-state index contributed by atoms with van der Waals surface area (Å²) in [5, 5.41) is 5.06. The topological polar surface area (TPSA) is 97.1 Å². The van der Waals surface area contributed by atoms with E-state index in [0.29, 0.717) is 16.8 Å². The lowest BCUT2D eigenvalue weighted by atomic mass is 10.1. The lowest BCUT2D eigenvalue weighted by Gasteiger charge is -2.08. The number of anilines is 2. The molecule has 1 aromatic heterocycles. The first-order valence-corrected chi connectivity index (χ1v) is 8.21. The molecule has 1 heterocycles. The van der Waals surface area contributed by atoms with E-state index in [2.05, 4.69) is 27.5 Å². The van der Waals surface area contributed by atoms with Crippen LogP contribution < -0.4 is 16.4 Å². The second kappa shape index (κ2) is 8.47. The number of benzene rings is 2. The third-order valence-electron chi connectivity index (χ3n) is 3.62. The Morgan fingerprint density at radius 3 is 2.50 bits per heavy atom. The third kappa shape index (κ3) is 4.93. The molecule has 138 valence electrons. The molecule has 0 bridgehead atoms. The number of hydrogen-bond acceptors (Lipinski definition) is 3. The van der Waals surface area contributed by atoms with Crippen LogP contribution in [0.2, 0.25) is 0 Å². The molecule has 0 aliphatic carbocycles. The van der Waals surface area contributed by atoms with Crippen molar-refractivity contribution in [1.82, 2.24) is 4.98 Å². The van der Waals surface area contributed by atoms with Crippen LogP contribution in [-0.4, -0.2) is 16.9 Å². The number of para-hydroxylation sites is 1. The van der Waals surface area contributed by atoms with E-state index in [0.717, 1.165) is 0 Å². The Morgan fingerprint density at radius 1 is 0.929 bits per heavy atom. The van der Waals surface area contributed by atoms with Gasteiger partial charge in [-0.2, -0.15) is 0 Å². The lowest BCUT2D eigenvalue weighted by Crippen LogP contribution is -2.20. The van der Waals surface area contributed by atoms with Crippen molar-refractivity contribution >= 4 is 23.3 Å². The molecule has 0 fully saturated rings. The lowest BCUT2D eigenvalue weighted by molar-refractivity contribution is 0.1000. The van der Waals surface area contributed by atoms with Crippen LogP contribution in [0.25, 0.3) is 0 Å². The van der Waals surface area contributed by atoms with Crippen LogP contribution in [0.3, 0.4) is 0 Å². The summed E-state index contributed by atoms with van der Waals surface area (Å²) >= 11 is 0. The summed E-state index contributed by atoms with van der Waals surface area (Å²) in [4.78, 5) is 27.2. The van der Waals surface area contributed by atoms with E-state index in [9.17, 15) is 14.0 Å². The highest BCUT2D eigenvalue weighted by Gasteiger charge is 2.06. The quantitative estimate of drug-likeness (QED) is 0.613. The summed E-state index contributed by atoms with van der Waals surface area (Å²) < 4.78 is 13.6. The average Bonchev–Trinajstić information content (AvgIpc) is 2.68. The average molecular weight is 374 g/mol. The van der Waals surface area contributed by atoms with Gasteiger partial charge >= 0.3 is 6.03 Å². The number of urea groups is 1. The zero-order valence-corrected chi connectivity index (χ0v) is 14.6. The Bertz CT molecular complexity index is 1100. The van der Waals surface area contributed by atoms with Gasteiger partial charge in [0.1, 0.15) is 5.82 Å². The summed E-state index contributed by atoms with van der Waals surface area (Å²) in [6, 6.07) is 13.7. The van der Waals surface area contributed by atoms with Crippen molar-refractivity contribution in [2.75, 3.05) is 10.6 Å². The fraction of sp³-hybridized carbons (Fsp3) is 0. The normalized spacial score (nSPS) is 9.75. The van der Waals surface area contributed by atoms with E-state index < -0.39 is 17.8 Å². The van der Waals surface area contributed by atoms with Crippen LogP contribution in [0, 0.1) is 17.7 Å². The fourth-order valence-electron chi connectivity index (χ4n) is 2.31. The highest BCUT2D eigenvalue weighted by atomic mass is 19.1. The number of nitrogens with one attached hydrogen (secondary N) is 2. The summed E-state index contributed by atoms with van der Waals surface area (Å²) in [7, 11) is 0. The minimum Gasteiger partial charge on any atom is -0.366 e. The Labute approximate surface area is 160 Å². The van der Waals surface area contributed by atoms with E-state index >= 15 is 0 Å². The molecule has 28 heavy (non-hydrogen) atoms. The Balaban J connectivity index is 1.71. The van der Waals surface area contributed by atoms with Gasteiger partial charge in [-0.15, -0.1) is 0 Å². The number of primary amides is 1. The minimum absolute atomic E-state index is 0.0813. The number of carbonyl (C=O) groups is 2. The molecule has 3 aromatic rings. The zero-order valence-electron chi connectivity index (χ0n) is 14.6. The van der Waals surface area contributed by atoms with Crippen LogP contribution in [0.1, 0.15) is 21.5 Å². The first-order chi connectivity index (χ1) is 13.5. The van der Waals surface area contributed by atoms with Crippen molar-refractivity contribution in [3.63, 3.8) is 0 Å². The van der Waals surface area contributed by atoms with Crippen LogP contribution in [0.5, 0.6) is 0 Å². The van der Waals surface area contributed by atoms with Gasteiger partial charge in [0.25, 0.3) is 0 Å². The molecule has 7 heteroatoms. The molecule has 2 aromatic carbocycles. The molecule has 0 saturated carbocycles. The van der Waals surface area contributed by atoms with Gasteiger partial charge in [0.05, 0.1) is 11.3 Å². The predicted molar refractivity (Wildman–Crippen MR) is 104 cm³/mol. The molecule has 0 aliphatic rings. The summed E-state index contributed by atoms with van der Waals surface area (Å²) in [5.74, 6) is 4.71. The molecular weight excluding hydrogens is 359 g/mol. The van der Waals surface area contributed by atoms with Gasteiger partial charge < -0.3 is 16.4 Å². The number of aromatic nitrogens is 1. The van der Waals surface area contributed by atoms with Gasteiger partial charge in [0.2, 0.25) is 5.91 Å². The van der Waals surface area contributed by atoms with Crippen LogP contribution in [-0.2, 0) is 0 Å². The van der Waals surface area contributed by atoms with Gasteiger partial charge in [-0.1, -0.05) is 30.0 Å². The van der Waals surface area contributed by atoms with E-state index in [4.69, 9.17) is 5.73 Å². The van der Waals surface area contributed by atoms with Crippen molar-refractivity contribution in [1.29, 1.82) is 0 Å². The molecule has 0 unspecified atom stereocenters. The number of hydrogen-bond donors (Lipinski definition) is 3. The predicted octanol–water partition coefficient (Wildman–Crippen LogP) is 3.36. The molecule has 0 atom stereocenters. The monoisotopic (exact) mass is 374 g/mol. The van der Waals surface area contributed by atoms with E-state index in [1.807, 2.05) is 0 Å². The third-order valence-corrected chi connectivity index (χ3v) is 3.62. The van der Waals surface area contributed by atoms with Crippen molar-refractivity contribution < 1.29 is 14.0 Å². The zero-order chi connectivity index (χ0) is 19.9. The molecule has 4 N–H and O–H groups in total. The maximum atomic E-state index is 13.6. The van der Waals surface area contributed by atoms with Crippen molar-refractivity contribution in [2.24, 2.45) is 5.73 Å². The standard InChI is InChI=1S/C21H15FN4O2/c22-18-6-1-2-7-19(18)26-21(28)25-17-5-3-4-14(11-17)8-9-15-10-16(20(23)27)13-24-12-15/h1-7,10-13H,(H2,23,27)(H2,25,26,28). The number of nitrogens with zero attached hydrogens (tertiary/aromatic N) is 1. The maximum Gasteiger partial charge on any atom is 0.323 e. The molecule has 0 spiro atoms. The minimum atomic E-state index is -0.580. The summed E-state index contributed by atoms with van der Waals surface area (Å²) in [6.07, 6.45) is 2.88. The first-order valence-electron chi connectivity index (χ1n) is 8.21. The van der Waals surface area contributed by atoms with Crippen LogP contribution >= 0.6 is 0 Å². The van der Waals surface area contributed by atoms with Gasteiger partial charge in [0.15, 0.2) is 0 Å². The molecule has 0 radical (unpaired) electrons. The highest BCUT2D eigenvalue weighted by Crippen LogP contribution is 2.14. The first kappa shape index (κ1) is 18.6. The Morgan fingerprint density at radius 2 is 1.71 bits per heavy atom. The van der Waals surface area contributed by atoms with Gasteiger partial charge in [0, 0.05) is 29.2 Å². The van der Waals surface area contributed by atoms with Crippen LogP contribution in [0.15, 0.2) is 67.0 Å². The summed E-state index contributed by atoms with van der Waals surface area (Å²) in [6.45, 7) is 0. The number of amides is 3. The van der Waals surface area contributed by atoms with Crippen LogP contribution in [0.4, 0.5) is 20.6 Å². The molecular formula is C21H15FN4O2. The van der Waals surface area contributed by atoms with Crippen molar-refractivity contribution in [2.45, 2.75) is 0 Å². The maximum absolute atomic E-state index is 13.6. The van der Waals surface area contributed by atoms with Gasteiger partial charge in [-0.05, 0) is 36.4 Å². The number of rotatable bonds is 3. The highest BCUT2D eigenvalue weighted by molar-refractivity contribution is 5.99. The smallest absolute Gasteiger partial charge is 0.323 e. The SMILES string of the molecule is NC(=O)c1cncc(C#Cc2cccc(NC(=O)Nc3ccccc3F)c2)c1. The van der Waals surface area contributed by atoms with E-state index in [1.165, 1.54) is 30.6 Å². The molecule has 0 saturated heterocycles. The van der Waals surface area contributed by atoms with E-state index in [1.54, 1.807) is 36.4 Å². The van der Waals surface area contributed by atoms with E-state index in [-0.39, 0.29) is 11.3 Å². The van der Waals surface area contributed by atoms with Crippen molar-refractivity contribution in [3.8, 4) is 11.8 Å². The number of nitrogens with two attached hydrogens (primary N) is 1. The number of halogens is 1. The second-order valence-electron chi connectivity index (χ2n) is 5.72.